The minimum Gasteiger partial charge on any atom is -0.463 e. The summed E-state index contributed by atoms with van der Waals surface area (Å²) < 4.78 is 42.4. The lowest BCUT2D eigenvalue weighted by atomic mass is 10.3. The summed E-state index contributed by atoms with van der Waals surface area (Å²) in [4.78, 5) is 47.8. The van der Waals surface area contributed by atoms with Crippen molar-refractivity contribution in [1.82, 2.24) is 0 Å². The fourth-order valence-corrected chi connectivity index (χ4v) is 4.44. The van der Waals surface area contributed by atoms with Crippen molar-refractivity contribution in [3.63, 3.8) is 0 Å². The molecule has 1 unspecified atom stereocenters. The predicted molar refractivity (Wildman–Crippen MR) is 141 cm³/mol. The van der Waals surface area contributed by atoms with Gasteiger partial charge in [0.05, 0.1) is 59.3 Å². The van der Waals surface area contributed by atoms with Gasteiger partial charge in [0.1, 0.15) is 31.7 Å². The van der Waals surface area contributed by atoms with Gasteiger partial charge in [-0.2, -0.15) is 0 Å². The number of alkyl halides is 1. The van der Waals surface area contributed by atoms with E-state index in [1.165, 1.54) is 11.8 Å². The summed E-state index contributed by atoms with van der Waals surface area (Å²) in [6.45, 7) is 1.74. The third-order valence-electron chi connectivity index (χ3n) is 4.22. The first-order chi connectivity index (χ1) is 18.0. The fraction of sp³-hybridized carbons (Fsp3) is 0.739. The number of ether oxygens (including phenoxy) is 8. The zero-order valence-corrected chi connectivity index (χ0v) is 23.7. The van der Waals surface area contributed by atoms with Crippen LogP contribution in [0.3, 0.4) is 0 Å². The van der Waals surface area contributed by atoms with E-state index in [9.17, 15) is 19.2 Å². The average molecular weight is 662 g/mol. The summed E-state index contributed by atoms with van der Waals surface area (Å²) in [5.41, 5.74) is 0. The average Bonchev–Trinajstić information content (AvgIpc) is 2.88. The third kappa shape index (κ3) is 20.2. The van der Waals surface area contributed by atoms with Crippen molar-refractivity contribution in [1.29, 1.82) is 0 Å². The Kier molecular flexibility index (Phi) is 21.4. The molecule has 1 aliphatic heterocycles. The van der Waals surface area contributed by atoms with Crippen LogP contribution >= 0.6 is 34.4 Å². The molecule has 0 aromatic carbocycles. The zero-order valence-electron chi connectivity index (χ0n) is 20.7. The van der Waals surface area contributed by atoms with E-state index in [2.05, 4.69) is 22.6 Å². The van der Waals surface area contributed by atoms with E-state index >= 15 is 0 Å². The SMILES string of the molecule is O=C1/C=C/C(=O)OCCOCCOCCOC(=O)C(SCCCI)CC(=O)OCCOCCOCCO1. The second-order valence-electron chi connectivity index (χ2n) is 7.11. The molecule has 0 radical (unpaired) electrons. The normalized spacial score (nSPS) is 22.9. The maximum absolute atomic E-state index is 12.5. The Hall–Kier alpha value is -1.46. The highest BCUT2D eigenvalue weighted by Gasteiger charge is 2.24. The Morgan fingerprint density at radius 1 is 0.649 bits per heavy atom. The van der Waals surface area contributed by atoms with Crippen LogP contribution in [0.1, 0.15) is 12.8 Å². The van der Waals surface area contributed by atoms with Crippen LogP contribution in [-0.2, 0) is 57.1 Å². The number of hydrogen-bond donors (Lipinski definition) is 0. The van der Waals surface area contributed by atoms with Crippen molar-refractivity contribution in [2.75, 3.05) is 89.5 Å². The molecule has 0 spiro atoms. The van der Waals surface area contributed by atoms with Gasteiger partial charge in [0.15, 0.2) is 0 Å². The molecule has 12 nitrogen and oxygen atoms in total. The fourth-order valence-electron chi connectivity index (χ4n) is 2.49. The Labute approximate surface area is 234 Å². The number of rotatable bonds is 4. The Morgan fingerprint density at radius 2 is 1.08 bits per heavy atom. The minimum atomic E-state index is -0.698. The number of hydrogen-bond acceptors (Lipinski definition) is 13. The third-order valence-corrected chi connectivity index (χ3v) is 6.27. The van der Waals surface area contributed by atoms with Crippen LogP contribution in [0.25, 0.3) is 0 Å². The molecular formula is C23H35IO12S. The molecule has 1 rings (SSSR count). The standard InChI is InChI=1S/C23H35IO12S/c24-4-1-17-37-19-18-22(27)35-15-11-31-6-5-29-9-13-33-20(25)2-3-21(26)34-14-10-30-7-8-32-12-16-36-23(19)28/h2-3,19H,1,4-18H2/b3-2+. The first kappa shape index (κ1) is 33.6. The van der Waals surface area contributed by atoms with E-state index < -0.39 is 29.1 Å². The van der Waals surface area contributed by atoms with E-state index in [1.54, 1.807) is 0 Å². The molecule has 37 heavy (non-hydrogen) atoms. The maximum atomic E-state index is 12.5. The molecule has 1 atom stereocenters. The molecule has 0 aliphatic carbocycles. The predicted octanol–water partition coefficient (Wildman–Crippen LogP) is 1.11. The van der Waals surface area contributed by atoms with Crippen LogP contribution in [-0.4, -0.2) is 119 Å². The summed E-state index contributed by atoms with van der Waals surface area (Å²) in [7, 11) is 0. The quantitative estimate of drug-likeness (QED) is 0.140. The van der Waals surface area contributed by atoms with Crippen LogP contribution in [0, 0.1) is 0 Å². The molecule has 0 saturated heterocycles. The number of thioether (sulfide) groups is 1. The van der Waals surface area contributed by atoms with E-state index in [-0.39, 0.29) is 85.7 Å². The monoisotopic (exact) mass is 662 g/mol. The lowest BCUT2D eigenvalue weighted by Gasteiger charge is -2.15. The summed E-state index contributed by atoms with van der Waals surface area (Å²) in [5, 5.41) is -0.661. The van der Waals surface area contributed by atoms with E-state index in [0.717, 1.165) is 28.8 Å². The van der Waals surface area contributed by atoms with Crippen molar-refractivity contribution < 1.29 is 57.1 Å². The highest BCUT2D eigenvalue weighted by Crippen LogP contribution is 2.19. The Morgan fingerprint density at radius 3 is 1.57 bits per heavy atom. The summed E-state index contributed by atoms with van der Waals surface area (Å²) >= 11 is 3.62. The number of halogens is 1. The van der Waals surface area contributed by atoms with Gasteiger partial charge in [-0.25, -0.2) is 9.59 Å². The number of carbonyl (C=O) groups excluding carboxylic acids is 4. The topological polar surface area (TPSA) is 142 Å². The molecule has 14 heteroatoms. The smallest absolute Gasteiger partial charge is 0.331 e. The molecular weight excluding hydrogens is 627 g/mol. The maximum Gasteiger partial charge on any atom is 0.331 e. The molecule has 0 amide bonds. The second-order valence-corrected chi connectivity index (χ2v) is 9.50. The lowest BCUT2D eigenvalue weighted by molar-refractivity contribution is -0.151. The molecule has 212 valence electrons. The van der Waals surface area contributed by atoms with Gasteiger partial charge in [-0.15, -0.1) is 11.8 Å². The van der Waals surface area contributed by atoms with Crippen LogP contribution in [0.2, 0.25) is 0 Å². The number of esters is 4. The summed E-state index contributed by atoms with van der Waals surface area (Å²) in [6.07, 6.45) is 2.74. The van der Waals surface area contributed by atoms with Crippen molar-refractivity contribution in [3.05, 3.63) is 12.2 Å². The van der Waals surface area contributed by atoms with Gasteiger partial charge >= 0.3 is 23.9 Å². The van der Waals surface area contributed by atoms with Gasteiger partial charge in [-0.05, 0) is 12.2 Å². The molecule has 1 heterocycles. The van der Waals surface area contributed by atoms with Crippen LogP contribution < -0.4 is 0 Å². The molecule has 0 aromatic heterocycles. The molecule has 0 aromatic rings. The van der Waals surface area contributed by atoms with Crippen molar-refractivity contribution >= 4 is 58.2 Å². The van der Waals surface area contributed by atoms with Crippen LogP contribution in [0.4, 0.5) is 0 Å². The van der Waals surface area contributed by atoms with Gasteiger partial charge in [-0.3, -0.25) is 9.59 Å². The Bertz CT molecular complexity index is 691. The first-order valence-electron chi connectivity index (χ1n) is 11.8. The van der Waals surface area contributed by atoms with Gasteiger partial charge in [0.2, 0.25) is 0 Å². The van der Waals surface area contributed by atoms with Crippen LogP contribution in [0.5, 0.6) is 0 Å². The highest BCUT2D eigenvalue weighted by molar-refractivity contribution is 14.1. The van der Waals surface area contributed by atoms with Crippen molar-refractivity contribution in [3.8, 4) is 0 Å². The lowest BCUT2D eigenvalue weighted by Crippen LogP contribution is -2.27. The highest BCUT2D eigenvalue weighted by atomic mass is 127. The second kappa shape index (κ2) is 23.6. The van der Waals surface area contributed by atoms with Gasteiger partial charge in [0.25, 0.3) is 0 Å². The Balaban J connectivity index is 2.48. The molecule has 0 N–H and O–H groups in total. The van der Waals surface area contributed by atoms with Crippen LogP contribution in [0.15, 0.2) is 12.2 Å². The van der Waals surface area contributed by atoms with E-state index in [0.29, 0.717) is 0 Å². The van der Waals surface area contributed by atoms with Crippen molar-refractivity contribution in [2.45, 2.75) is 18.1 Å². The first-order valence-corrected chi connectivity index (χ1v) is 14.4. The molecule has 1 aliphatic rings. The minimum absolute atomic E-state index is 0.00476. The van der Waals surface area contributed by atoms with Gasteiger partial charge < -0.3 is 37.9 Å². The number of carbonyl (C=O) groups is 4. The number of cyclic esters (lactones) is 4. The van der Waals surface area contributed by atoms with E-state index in [1.807, 2.05) is 0 Å². The zero-order chi connectivity index (χ0) is 27.0. The summed E-state index contributed by atoms with van der Waals surface area (Å²) in [6, 6.07) is 0. The summed E-state index contributed by atoms with van der Waals surface area (Å²) in [5.74, 6) is -1.67. The van der Waals surface area contributed by atoms with Gasteiger partial charge in [0, 0.05) is 16.6 Å². The largest absolute Gasteiger partial charge is 0.463 e. The molecule has 0 fully saturated rings. The van der Waals surface area contributed by atoms with Crippen molar-refractivity contribution in [2.24, 2.45) is 0 Å². The van der Waals surface area contributed by atoms with E-state index in [4.69, 9.17) is 37.9 Å². The molecule has 0 bridgehead atoms. The van der Waals surface area contributed by atoms with Gasteiger partial charge in [-0.1, -0.05) is 22.6 Å². The molecule has 0 saturated carbocycles.